The van der Waals surface area contributed by atoms with Gasteiger partial charge in [-0.05, 0) is 46.5 Å². The molecule has 1 aliphatic heterocycles. The second-order valence-electron chi connectivity index (χ2n) is 5.65. The van der Waals surface area contributed by atoms with Crippen LogP contribution in [0, 0.1) is 6.92 Å². The zero-order valence-electron chi connectivity index (χ0n) is 11.9. The van der Waals surface area contributed by atoms with Gasteiger partial charge in [-0.1, -0.05) is 42.5 Å². The molecule has 98 valence electrons. The van der Waals surface area contributed by atoms with Gasteiger partial charge in [-0.15, -0.1) is 0 Å². The molecular formula is C19H17N. The lowest BCUT2D eigenvalue weighted by atomic mass is 9.91. The smallest absolute Gasteiger partial charge is 0.0450 e. The van der Waals surface area contributed by atoms with Crippen molar-refractivity contribution in [2.24, 2.45) is 0 Å². The summed E-state index contributed by atoms with van der Waals surface area (Å²) in [5, 5.41) is 2.71. The van der Waals surface area contributed by atoms with E-state index in [0.717, 1.165) is 6.42 Å². The maximum atomic E-state index is 2.33. The van der Waals surface area contributed by atoms with Crippen molar-refractivity contribution in [2.75, 3.05) is 11.9 Å². The number of benzene rings is 3. The van der Waals surface area contributed by atoms with Crippen molar-refractivity contribution in [3.05, 3.63) is 71.3 Å². The van der Waals surface area contributed by atoms with Gasteiger partial charge in [0.1, 0.15) is 0 Å². The molecule has 0 fully saturated rings. The van der Waals surface area contributed by atoms with Crippen molar-refractivity contribution in [3.63, 3.8) is 0 Å². The number of hydrogen-bond donors (Lipinski definition) is 0. The van der Waals surface area contributed by atoms with Gasteiger partial charge in [-0.25, -0.2) is 0 Å². The first-order valence-corrected chi connectivity index (χ1v) is 7.08. The predicted molar refractivity (Wildman–Crippen MR) is 86.0 cm³/mol. The van der Waals surface area contributed by atoms with Crippen LogP contribution in [0.5, 0.6) is 0 Å². The Morgan fingerprint density at radius 2 is 1.75 bits per heavy atom. The fourth-order valence-electron chi connectivity index (χ4n) is 3.28. The molecule has 4 rings (SSSR count). The predicted octanol–water partition coefficient (Wildman–Crippen LogP) is 4.82. The molecule has 1 aliphatic rings. The van der Waals surface area contributed by atoms with E-state index in [1.54, 1.807) is 0 Å². The van der Waals surface area contributed by atoms with Crippen LogP contribution < -0.4 is 4.90 Å². The Labute approximate surface area is 119 Å². The van der Waals surface area contributed by atoms with Gasteiger partial charge >= 0.3 is 0 Å². The Balaban J connectivity index is 2.00. The van der Waals surface area contributed by atoms with Gasteiger partial charge in [0, 0.05) is 24.8 Å². The van der Waals surface area contributed by atoms with Gasteiger partial charge in [0.25, 0.3) is 0 Å². The number of fused-ring (bicyclic) bond motifs is 4. The summed E-state index contributed by atoms with van der Waals surface area (Å²) in [7, 11) is 2.17. The minimum Gasteiger partial charge on any atom is -0.344 e. The van der Waals surface area contributed by atoms with Crippen LogP contribution in [0.3, 0.4) is 0 Å². The highest BCUT2D eigenvalue weighted by Crippen LogP contribution is 2.40. The molecule has 0 N–H and O–H groups in total. The van der Waals surface area contributed by atoms with E-state index in [4.69, 9.17) is 0 Å². The molecule has 1 nitrogen and oxygen atoms in total. The SMILES string of the molecule is Cc1ccc2c(c1)N(C)c1ccc3ccccc3c1C2. The highest BCUT2D eigenvalue weighted by Gasteiger charge is 2.21. The van der Waals surface area contributed by atoms with Crippen molar-refractivity contribution < 1.29 is 0 Å². The maximum absolute atomic E-state index is 2.33. The van der Waals surface area contributed by atoms with Crippen LogP contribution in [0.25, 0.3) is 10.8 Å². The summed E-state index contributed by atoms with van der Waals surface area (Å²) >= 11 is 0. The molecule has 0 radical (unpaired) electrons. The minimum absolute atomic E-state index is 1.02. The molecule has 20 heavy (non-hydrogen) atoms. The van der Waals surface area contributed by atoms with E-state index in [9.17, 15) is 0 Å². The fraction of sp³-hybridized carbons (Fsp3) is 0.158. The average molecular weight is 259 g/mol. The van der Waals surface area contributed by atoms with Gasteiger partial charge in [0.05, 0.1) is 0 Å². The normalized spacial score (nSPS) is 13.2. The summed E-state index contributed by atoms with van der Waals surface area (Å²) < 4.78 is 0. The summed E-state index contributed by atoms with van der Waals surface area (Å²) in [4.78, 5) is 2.33. The molecule has 0 amide bonds. The second-order valence-corrected chi connectivity index (χ2v) is 5.65. The van der Waals surface area contributed by atoms with E-state index < -0.39 is 0 Å². The number of hydrogen-bond acceptors (Lipinski definition) is 1. The molecule has 0 spiro atoms. The Hall–Kier alpha value is -2.28. The van der Waals surface area contributed by atoms with Crippen LogP contribution in [0.4, 0.5) is 11.4 Å². The monoisotopic (exact) mass is 259 g/mol. The Bertz CT molecular complexity index is 817. The molecule has 0 saturated heterocycles. The van der Waals surface area contributed by atoms with Gasteiger partial charge in [0.15, 0.2) is 0 Å². The van der Waals surface area contributed by atoms with Crippen LogP contribution >= 0.6 is 0 Å². The molecule has 3 aromatic rings. The van der Waals surface area contributed by atoms with Crippen molar-refractivity contribution in [1.82, 2.24) is 0 Å². The van der Waals surface area contributed by atoms with Crippen molar-refractivity contribution in [2.45, 2.75) is 13.3 Å². The Morgan fingerprint density at radius 3 is 2.65 bits per heavy atom. The second kappa shape index (κ2) is 4.11. The lowest BCUT2D eigenvalue weighted by Gasteiger charge is -2.31. The van der Waals surface area contributed by atoms with E-state index in [1.165, 1.54) is 38.8 Å². The van der Waals surface area contributed by atoms with Gasteiger partial charge < -0.3 is 4.90 Å². The van der Waals surface area contributed by atoms with E-state index in [0.29, 0.717) is 0 Å². The summed E-state index contributed by atoms with van der Waals surface area (Å²) in [6.07, 6.45) is 1.02. The molecule has 0 unspecified atom stereocenters. The number of rotatable bonds is 0. The molecule has 0 saturated carbocycles. The molecule has 0 bridgehead atoms. The standard InChI is InChI=1S/C19H17N/c1-13-7-8-15-12-17-16-6-4-3-5-14(16)9-10-18(17)20(2)19(15)11-13/h3-11H,12H2,1-2H3. The molecule has 1 heteroatoms. The first-order valence-electron chi connectivity index (χ1n) is 7.08. The summed E-state index contributed by atoms with van der Waals surface area (Å²) in [6, 6.07) is 19.9. The van der Waals surface area contributed by atoms with Crippen molar-refractivity contribution in [1.29, 1.82) is 0 Å². The van der Waals surface area contributed by atoms with Crippen LogP contribution in [0.2, 0.25) is 0 Å². The zero-order valence-corrected chi connectivity index (χ0v) is 11.9. The topological polar surface area (TPSA) is 3.24 Å². The van der Waals surface area contributed by atoms with Gasteiger partial charge in [0.2, 0.25) is 0 Å². The third-order valence-corrected chi connectivity index (χ3v) is 4.35. The van der Waals surface area contributed by atoms with Crippen LogP contribution in [-0.4, -0.2) is 7.05 Å². The Morgan fingerprint density at radius 1 is 0.900 bits per heavy atom. The van der Waals surface area contributed by atoms with Gasteiger partial charge in [-0.3, -0.25) is 0 Å². The third kappa shape index (κ3) is 1.56. The van der Waals surface area contributed by atoms with Crippen LogP contribution in [0.15, 0.2) is 54.6 Å². The van der Waals surface area contributed by atoms with E-state index in [-0.39, 0.29) is 0 Å². The first kappa shape index (κ1) is 11.5. The fourth-order valence-corrected chi connectivity index (χ4v) is 3.28. The van der Waals surface area contributed by atoms with Crippen molar-refractivity contribution in [3.8, 4) is 0 Å². The molecular weight excluding hydrogens is 242 g/mol. The number of aryl methyl sites for hydroxylation is 1. The zero-order chi connectivity index (χ0) is 13.7. The summed E-state index contributed by atoms with van der Waals surface area (Å²) in [5.41, 5.74) is 6.86. The summed E-state index contributed by atoms with van der Waals surface area (Å²) in [6.45, 7) is 2.16. The maximum Gasteiger partial charge on any atom is 0.0450 e. The number of anilines is 2. The number of nitrogens with zero attached hydrogens (tertiary/aromatic N) is 1. The quantitative estimate of drug-likeness (QED) is 0.559. The molecule has 0 aliphatic carbocycles. The average Bonchev–Trinajstić information content (AvgIpc) is 2.48. The van der Waals surface area contributed by atoms with E-state index >= 15 is 0 Å². The molecule has 0 aromatic heterocycles. The van der Waals surface area contributed by atoms with E-state index in [1.807, 2.05) is 0 Å². The first-order chi connectivity index (χ1) is 9.74. The van der Waals surface area contributed by atoms with E-state index in [2.05, 4.69) is 73.5 Å². The summed E-state index contributed by atoms with van der Waals surface area (Å²) in [5.74, 6) is 0. The Kier molecular flexibility index (Phi) is 2.37. The highest BCUT2D eigenvalue weighted by atomic mass is 15.1. The van der Waals surface area contributed by atoms with Crippen LogP contribution in [0.1, 0.15) is 16.7 Å². The molecule has 1 heterocycles. The highest BCUT2D eigenvalue weighted by molar-refractivity contribution is 5.93. The molecule has 0 atom stereocenters. The largest absolute Gasteiger partial charge is 0.344 e. The van der Waals surface area contributed by atoms with Gasteiger partial charge in [-0.2, -0.15) is 0 Å². The van der Waals surface area contributed by atoms with Crippen LogP contribution in [-0.2, 0) is 6.42 Å². The molecule has 3 aromatic carbocycles. The third-order valence-electron chi connectivity index (χ3n) is 4.35. The lowest BCUT2D eigenvalue weighted by Crippen LogP contribution is -2.18. The lowest BCUT2D eigenvalue weighted by molar-refractivity contribution is 1.06. The minimum atomic E-state index is 1.02. The van der Waals surface area contributed by atoms with Crippen molar-refractivity contribution >= 4 is 22.1 Å².